The number of carbonyl (C=O) groups excluding carboxylic acids is 2. The maximum Gasteiger partial charge on any atom is 0.227 e. The van der Waals surface area contributed by atoms with Gasteiger partial charge in [0.05, 0.1) is 5.92 Å². The summed E-state index contributed by atoms with van der Waals surface area (Å²) in [6, 6.07) is 8.04. The molecule has 1 aromatic carbocycles. The minimum absolute atomic E-state index is 0.0913. The Balaban J connectivity index is 1.53. The summed E-state index contributed by atoms with van der Waals surface area (Å²) in [7, 11) is 0. The number of benzene rings is 1. The molecule has 3 rings (SSSR count). The predicted molar refractivity (Wildman–Crippen MR) is 101 cm³/mol. The number of amides is 2. The third-order valence-corrected chi connectivity index (χ3v) is 5.42. The summed E-state index contributed by atoms with van der Waals surface area (Å²) >= 11 is 0. The number of aryl methyl sites for hydroxylation is 1. The molecule has 1 atom stereocenters. The number of rotatable bonds is 3. The van der Waals surface area contributed by atoms with Crippen molar-refractivity contribution in [3.05, 3.63) is 29.8 Å². The zero-order chi connectivity index (χ0) is 18.9. The van der Waals surface area contributed by atoms with Crippen LogP contribution in [0.5, 0.6) is 5.75 Å². The van der Waals surface area contributed by atoms with Crippen molar-refractivity contribution >= 4 is 11.8 Å². The number of ether oxygens (including phenoxy) is 1. The molecular formula is C21H30N2O3. The lowest BCUT2D eigenvalue weighted by Gasteiger charge is -2.35. The smallest absolute Gasteiger partial charge is 0.227 e. The highest BCUT2D eigenvalue weighted by Gasteiger charge is 2.41. The van der Waals surface area contributed by atoms with E-state index in [4.69, 9.17) is 4.74 Å². The fraction of sp³-hybridized carbons (Fsp3) is 0.619. The van der Waals surface area contributed by atoms with Gasteiger partial charge in [-0.05, 0) is 39.3 Å². The number of carbonyl (C=O) groups is 2. The van der Waals surface area contributed by atoms with Gasteiger partial charge < -0.3 is 14.5 Å². The van der Waals surface area contributed by atoms with E-state index in [1.54, 1.807) is 0 Å². The van der Waals surface area contributed by atoms with Crippen LogP contribution in [0.15, 0.2) is 24.3 Å². The van der Waals surface area contributed by atoms with Crippen LogP contribution < -0.4 is 4.74 Å². The van der Waals surface area contributed by atoms with Gasteiger partial charge >= 0.3 is 0 Å². The van der Waals surface area contributed by atoms with Crippen LogP contribution in [0, 0.1) is 12.8 Å². The lowest BCUT2D eigenvalue weighted by atomic mass is 10.0. The molecule has 0 radical (unpaired) electrons. The molecule has 2 aliphatic heterocycles. The standard InChI is InChI=1S/C21H30N2O3/c1-15-7-5-6-8-18(15)26-17-9-11-22(12-10-17)20(25)16-13-19(24)23(14-16)21(2,3)4/h5-8,16-17H,9-14H2,1-4H3/t16-/m0/s1. The Hall–Kier alpha value is -2.04. The first-order valence-electron chi connectivity index (χ1n) is 9.57. The number of piperidine rings is 1. The Morgan fingerprint density at radius 3 is 2.38 bits per heavy atom. The number of hydrogen-bond acceptors (Lipinski definition) is 3. The van der Waals surface area contributed by atoms with Crippen molar-refractivity contribution in [3.8, 4) is 5.75 Å². The van der Waals surface area contributed by atoms with Crippen LogP contribution in [0.2, 0.25) is 0 Å². The molecule has 0 unspecified atom stereocenters. The minimum Gasteiger partial charge on any atom is -0.490 e. The lowest BCUT2D eigenvalue weighted by molar-refractivity contribution is -0.137. The molecule has 5 heteroatoms. The van der Waals surface area contributed by atoms with Crippen molar-refractivity contribution < 1.29 is 14.3 Å². The maximum atomic E-state index is 12.8. The Bertz CT molecular complexity index is 672. The van der Waals surface area contributed by atoms with Crippen LogP contribution in [0.25, 0.3) is 0 Å². The van der Waals surface area contributed by atoms with Crippen LogP contribution in [0.1, 0.15) is 45.6 Å². The highest BCUT2D eigenvalue weighted by molar-refractivity contribution is 5.89. The molecule has 2 heterocycles. The summed E-state index contributed by atoms with van der Waals surface area (Å²) < 4.78 is 6.12. The number of likely N-dealkylation sites (tertiary alicyclic amines) is 2. The molecule has 2 fully saturated rings. The van der Waals surface area contributed by atoms with Gasteiger partial charge in [-0.15, -0.1) is 0 Å². The first-order valence-corrected chi connectivity index (χ1v) is 9.57. The second kappa shape index (κ2) is 7.29. The third-order valence-electron chi connectivity index (χ3n) is 5.42. The van der Waals surface area contributed by atoms with Crippen molar-refractivity contribution in [2.75, 3.05) is 19.6 Å². The first kappa shape index (κ1) is 18.7. The van der Waals surface area contributed by atoms with E-state index in [1.807, 2.05) is 61.8 Å². The minimum atomic E-state index is -0.222. The molecule has 1 aromatic rings. The van der Waals surface area contributed by atoms with Gasteiger partial charge in [0.2, 0.25) is 11.8 Å². The Kier molecular flexibility index (Phi) is 5.26. The van der Waals surface area contributed by atoms with E-state index in [0.717, 1.165) is 24.2 Å². The molecule has 0 bridgehead atoms. The van der Waals surface area contributed by atoms with Crippen LogP contribution in [-0.2, 0) is 9.59 Å². The van der Waals surface area contributed by atoms with E-state index in [1.165, 1.54) is 0 Å². The molecule has 0 aliphatic carbocycles. The number of para-hydroxylation sites is 1. The van der Waals surface area contributed by atoms with Gasteiger partial charge in [-0.3, -0.25) is 9.59 Å². The number of hydrogen-bond donors (Lipinski definition) is 0. The van der Waals surface area contributed by atoms with Gasteiger partial charge in [0, 0.05) is 44.4 Å². The van der Waals surface area contributed by atoms with Crippen LogP contribution in [0.3, 0.4) is 0 Å². The van der Waals surface area contributed by atoms with Gasteiger partial charge in [0.15, 0.2) is 0 Å². The molecule has 2 amide bonds. The van der Waals surface area contributed by atoms with E-state index in [2.05, 4.69) is 0 Å². The summed E-state index contributed by atoms with van der Waals surface area (Å²) in [5.41, 5.74) is 0.915. The Morgan fingerprint density at radius 1 is 1.15 bits per heavy atom. The highest BCUT2D eigenvalue weighted by Crippen LogP contribution is 2.28. The Labute approximate surface area is 156 Å². The van der Waals surface area contributed by atoms with Gasteiger partial charge in [-0.2, -0.15) is 0 Å². The monoisotopic (exact) mass is 358 g/mol. The lowest BCUT2D eigenvalue weighted by Crippen LogP contribution is -2.46. The second-order valence-corrected chi connectivity index (χ2v) is 8.48. The van der Waals surface area contributed by atoms with Gasteiger partial charge in [-0.1, -0.05) is 18.2 Å². The molecule has 5 nitrogen and oxygen atoms in total. The van der Waals surface area contributed by atoms with Crippen molar-refractivity contribution in [1.29, 1.82) is 0 Å². The van der Waals surface area contributed by atoms with Gasteiger partial charge in [0.1, 0.15) is 11.9 Å². The average Bonchev–Trinajstić information content (AvgIpc) is 2.99. The molecular weight excluding hydrogens is 328 g/mol. The highest BCUT2D eigenvalue weighted by atomic mass is 16.5. The Morgan fingerprint density at radius 2 is 1.81 bits per heavy atom. The summed E-state index contributed by atoms with van der Waals surface area (Å²) in [5.74, 6) is 0.947. The van der Waals surface area contributed by atoms with E-state index in [0.29, 0.717) is 26.1 Å². The largest absolute Gasteiger partial charge is 0.490 e. The van der Waals surface area contributed by atoms with E-state index in [9.17, 15) is 9.59 Å². The van der Waals surface area contributed by atoms with Gasteiger partial charge in [-0.25, -0.2) is 0 Å². The van der Waals surface area contributed by atoms with Crippen LogP contribution >= 0.6 is 0 Å². The van der Waals surface area contributed by atoms with Crippen molar-refractivity contribution in [3.63, 3.8) is 0 Å². The van der Waals surface area contributed by atoms with E-state index >= 15 is 0 Å². The van der Waals surface area contributed by atoms with Gasteiger partial charge in [0.25, 0.3) is 0 Å². The molecule has 2 saturated heterocycles. The normalized spacial score (nSPS) is 22.0. The van der Waals surface area contributed by atoms with Crippen molar-refractivity contribution in [2.45, 2.75) is 58.6 Å². The van der Waals surface area contributed by atoms with Crippen LogP contribution in [-0.4, -0.2) is 52.9 Å². The molecule has 2 aliphatic rings. The summed E-state index contributed by atoms with van der Waals surface area (Å²) in [4.78, 5) is 28.8. The van der Waals surface area contributed by atoms with Crippen LogP contribution in [0.4, 0.5) is 0 Å². The summed E-state index contributed by atoms with van der Waals surface area (Å²) in [5, 5.41) is 0. The molecule has 26 heavy (non-hydrogen) atoms. The topological polar surface area (TPSA) is 49.9 Å². The van der Waals surface area contributed by atoms with E-state index < -0.39 is 0 Å². The van der Waals surface area contributed by atoms with Crippen molar-refractivity contribution in [2.24, 2.45) is 5.92 Å². The zero-order valence-corrected chi connectivity index (χ0v) is 16.3. The summed E-state index contributed by atoms with van der Waals surface area (Å²) in [6.07, 6.45) is 2.17. The quantitative estimate of drug-likeness (QED) is 0.835. The maximum absolute atomic E-state index is 12.8. The fourth-order valence-corrected chi connectivity index (χ4v) is 3.84. The van der Waals surface area contributed by atoms with Crippen molar-refractivity contribution in [1.82, 2.24) is 9.80 Å². The fourth-order valence-electron chi connectivity index (χ4n) is 3.84. The summed E-state index contributed by atoms with van der Waals surface area (Å²) in [6.45, 7) is 10.1. The first-order chi connectivity index (χ1) is 12.3. The molecule has 0 saturated carbocycles. The molecule has 0 N–H and O–H groups in total. The number of nitrogens with zero attached hydrogens (tertiary/aromatic N) is 2. The molecule has 0 spiro atoms. The van der Waals surface area contributed by atoms with E-state index in [-0.39, 0.29) is 29.4 Å². The SMILES string of the molecule is Cc1ccccc1OC1CCN(C(=O)[C@H]2CC(=O)N(C(C)(C)C)C2)CC1. The molecule has 142 valence electrons. The zero-order valence-electron chi connectivity index (χ0n) is 16.3. The molecule has 0 aromatic heterocycles. The third kappa shape index (κ3) is 4.02. The predicted octanol–water partition coefficient (Wildman–Crippen LogP) is 3.01. The average molecular weight is 358 g/mol. The second-order valence-electron chi connectivity index (χ2n) is 8.48.